The van der Waals surface area contributed by atoms with Gasteiger partial charge in [0.05, 0.1) is 13.2 Å². The number of nitrogens with zero attached hydrogens (tertiary/aromatic N) is 2. The van der Waals surface area contributed by atoms with E-state index in [4.69, 9.17) is 20.8 Å². The Morgan fingerprint density at radius 3 is 2.58 bits per heavy atom. The molecule has 1 aromatic carbocycles. The third kappa shape index (κ3) is 5.95. The molecule has 2 atom stereocenters. The maximum absolute atomic E-state index is 13.8. The number of benzene rings is 1. The molecule has 5 rings (SSSR count). The highest BCUT2D eigenvalue weighted by molar-refractivity contribution is 6.30. The maximum atomic E-state index is 13.8. The van der Waals surface area contributed by atoms with Gasteiger partial charge in [0, 0.05) is 30.8 Å². The predicted molar refractivity (Wildman–Crippen MR) is 148 cm³/mol. The molecule has 3 heterocycles. The number of carbonyl (C=O) groups excluding carboxylic acids is 2. The van der Waals surface area contributed by atoms with Crippen LogP contribution in [0.5, 0.6) is 0 Å². The number of methoxy groups -OCH3 is 1. The summed E-state index contributed by atoms with van der Waals surface area (Å²) in [5, 5.41) is 3.88. The fourth-order valence-electron chi connectivity index (χ4n) is 6.58. The number of piperazine rings is 1. The van der Waals surface area contributed by atoms with Gasteiger partial charge < -0.3 is 19.4 Å². The molecule has 1 spiro atoms. The topological polar surface area (TPSA) is 75.0 Å². The summed E-state index contributed by atoms with van der Waals surface area (Å²) in [6.45, 7) is 3.12. The second-order valence-corrected chi connectivity index (χ2v) is 11.6. The van der Waals surface area contributed by atoms with Crippen LogP contribution in [-0.2, 0) is 20.9 Å². The predicted octanol–water partition coefficient (Wildman–Crippen LogP) is 5.27. The van der Waals surface area contributed by atoms with Crippen molar-refractivity contribution in [3.05, 3.63) is 47.2 Å². The number of carbonyl (C=O) groups is 2. The number of likely N-dealkylation sites (tertiary alicyclic amines) is 1. The molecule has 0 bridgehead atoms. The molecule has 1 aromatic heterocycles. The number of rotatable bonds is 8. The van der Waals surface area contributed by atoms with Crippen molar-refractivity contribution in [2.45, 2.75) is 75.9 Å². The van der Waals surface area contributed by atoms with E-state index in [1.54, 1.807) is 7.11 Å². The molecule has 1 N–H and O–H groups in total. The molecule has 0 radical (unpaired) electrons. The zero-order valence-corrected chi connectivity index (χ0v) is 23.2. The molecule has 3 fully saturated rings. The van der Waals surface area contributed by atoms with Gasteiger partial charge >= 0.3 is 0 Å². The molecule has 2 unspecified atom stereocenters. The first-order valence-electron chi connectivity index (χ1n) is 14.2. The Morgan fingerprint density at radius 2 is 1.82 bits per heavy atom. The largest absolute Gasteiger partial charge is 0.460 e. The van der Waals surface area contributed by atoms with Gasteiger partial charge in [-0.25, -0.2) is 0 Å². The lowest BCUT2D eigenvalue weighted by molar-refractivity contribution is -0.160. The van der Waals surface area contributed by atoms with Gasteiger partial charge in [-0.05, 0) is 74.5 Å². The van der Waals surface area contributed by atoms with Gasteiger partial charge in [-0.15, -0.1) is 0 Å². The monoisotopic (exact) mass is 541 g/mol. The molecule has 2 amide bonds. The Kier molecular flexibility index (Phi) is 8.76. The van der Waals surface area contributed by atoms with E-state index in [1.807, 2.05) is 41.3 Å². The highest BCUT2D eigenvalue weighted by atomic mass is 35.5. The van der Waals surface area contributed by atoms with Crippen LogP contribution in [0.3, 0.4) is 0 Å². The van der Waals surface area contributed by atoms with Crippen LogP contribution in [0.1, 0.15) is 63.5 Å². The smallest absolute Gasteiger partial charge is 0.246 e. The molecule has 1 aliphatic carbocycles. The third-order valence-electron chi connectivity index (χ3n) is 8.70. The van der Waals surface area contributed by atoms with Crippen LogP contribution in [0.15, 0.2) is 40.8 Å². The van der Waals surface area contributed by atoms with Crippen LogP contribution in [0.2, 0.25) is 5.02 Å². The van der Waals surface area contributed by atoms with Crippen molar-refractivity contribution >= 4 is 23.4 Å². The summed E-state index contributed by atoms with van der Waals surface area (Å²) in [6.07, 6.45) is 8.90. The van der Waals surface area contributed by atoms with Crippen molar-refractivity contribution in [2.24, 2.45) is 5.92 Å². The Bertz CT molecular complexity index is 1100. The second-order valence-electron chi connectivity index (χ2n) is 11.2. The standard InChI is InChI=1S/C30H40ClN3O4/c1-37-19-18-34-28(35)26(20-22-6-3-2-4-7-22)32-29(36)30(34)14-5-16-33(17-15-30)21-25-12-13-27(38-25)23-8-10-24(31)11-9-23/h8-13,22,26H,2-7,14-21H2,1H3,(H,32,36). The van der Waals surface area contributed by atoms with E-state index in [0.717, 1.165) is 49.3 Å². The number of amides is 2. The van der Waals surface area contributed by atoms with Gasteiger partial charge in [0.15, 0.2) is 0 Å². The van der Waals surface area contributed by atoms with Crippen molar-refractivity contribution < 1.29 is 18.7 Å². The molecule has 206 valence electrons. The Balaban J connectivity index is 1.26. The van der Waals surface area contributed by atoms with E-state index >= 15 is 0 Å². The molecule has 2 aliphatic heterocycles. The molecular weight excluding hydrogens is 502 g/mol. The first-order chi connectivity index (χ1) is 18.5. The van der Waals surface area contributed by atoms with Crippen molar-refractivity contribution in [2.75, 3.05) is 33.4 Å². The summed E-state index contributed by atoms with van der Waals surface area (Å²) < 4.78 is 11.5. The summed E-state index contributed by atoms with van der Waals surface area (Å²) in [6, 6.07) is 11.2. The molecule has 3 aliphatic rings. The number of nitrogens with one attached hydrogen (secondary N) is 1. The van der Waals surface area contributed by atoms with Crippen LogP contribution in [0, 0.1) is 5.92 Å². The van der Waals surface area contributed by atoms with E-state index in [1.165, 1.54) is 19.3 Å². The van der Waals surface area contributed by atoms with Gasteiger partial charge in [0.2, 0.25) is 11.8 Å². The summed E-state index contributed by atoms with van der Waals surface area (Å²) in [5.41, 5.74) is 0.176. The van der Waals surface area contributed by atoms with E-state index in [9.17, 15) is 9.59 Å². The van der Waals surface area contributed by atoms with Gasteiger partial charge in [0.25, 0.3) is 0 Å². The average Bonchev–Trinajstić information content (AvgIpc) is 3.29. The Hall–Kier alpha value is -2.35. The normalized spacial score (nSPS) is 25.5. The van der Waals surface area contributed by atoms with E-state index in [-0.39, 0.29) is 11.8 Å². The zero-order chi connectivity index (χ0) is 26.5. The summed E-state index contributed by atoms with van der Waals surface area (Å²) in [7, 11) is 1.65. The van der Waals surface area contributed by atoms with Crippen LogP contribution >= 0.6 is 11.6 Å². The lowest BCUT2D eigenvalue weighted by Gasteiger charge is -2.48. The SMILES string of the molecule is COCCN1C(=O)C(CC2CCCCC2)NC(=O)C12CCCN(Cc1ccc(-c3ccc(Cl)cc3)o1)CC2. The van der Waals surface area contributed by atoms with E-state index in [2.05, 4.69) is 10.2 Å². The maximum Gasteiger partial charge on any atom is 0.246 e. The zero-order valence-electron chi connectivity index (χ0n) is 22.4. The molecule has 2 aromatic rings. The van der Waals surface area contributed by atoms with Gasteiger partial charge in [-0.3, -0.25) is 14.5 Å². The number of hydrogen-bond acceptors (Lipinski definition) is 5. The second kappa shape index (κ2) is 12.2. The van der Waals surface area contributed by atoms with Crippen LogP contribution in [0.4, 0.5) is 0 Å². The first-order valence-corrected chi connectivity index (χ1v) is 14.5. The van der Waals surface area contributed by atoms with E-state index in [0.29, 0.717) is 50.0 Å². The van der Waals surface area contributed by atoms with Crippen molar-refractivity contribution in [1.82, 2.24) is 15.1 Å². The van der Waals surface area contributed by atoms with Crippen LogP contribution in [-0.4, -0.2) is 66.5 Å². The van der Waals surface area contributed by atoms with Crippen molar-refractivity contribution in [3.63, 3.8) is 0 Å². The highest BCUT2D eigenvalue weighted by Gasteiger charge is 2.52. The molecule has 2 saturated heterocycles. The van der Waals surface area contributed by atoms with Crippen LogP contribution < -0.4 is 5.32 Å². The first kappa shape index (κ1) is 27.2. The third-order valence-corrected chi connectivity index (χ3v) is 8.95. The number of hydrogen-bond donors (Lipinski definition) is 1. The van der Waals surface area contributed by atoms with Crippen LogP contribution in [0.25, 0.3) is 11.3 Å². The average molecular weight is 542 g/mol. The molecule has 7 nitrogen and oxygen atoms in total. The fourth-order valence-corrected chi connectivity index (χ4v) is 6.71. The minimum atomic E-state index is -0.814. The Morgan fingerprint density at radius 1 is 1.03 bits per heavy atom. The number of furan rings is 1. The lowest BCUT2D eigenvalue weighted by atomic mass is 9.80. The quantitative estimate of drug-likeness (QED) is 0.493. The van der Waals surface area contributed by atoms with Gasteiger partial charge in [-0.2, -0.15) is 0 Å². The fraction of sp³-hybridized carbons (Fsp3) is 0.600. The van der Waals surface area contributed by atoms with Crippen molar-refractivity contribution in [1.29, 1.82) is 0 Å². The summed E-state index contributed by atoms with van der Waals surface area (Å²) in [4.78, 5) is 31.7. The lowest BCUT2D eigenvalue weighted by Crippen LogP contribution is -2.71. The summed E-state index contributed by atoms with van der Waals surface area (Å²) >= 11 is 6.02. The van der Waals surface area contributed by atoms with E-state index < -0.39 is 11.6 Å². The minimum absolute atomic E-state index is 0.0129. The Labute approximate surface area is 230 Å². The number of halogens is 1. The molecular formula is C30H40ClN3O4. The molecule has 38 heavy (non-hydrogen) atoms. The molecule has 1 saturated carbocycles. The minimum Gasteiger partial charge on any atom is -0.460 e. The summed E-state index contributed by atoms with van der Waals surface area (Å²) in [5.74, 6) is 2.30. The van der Waals surface area contributed by atoms with Gasteiger partial charge in [-0.1, -0.05) is 43.7 Å². The highest BCUT2D eigenvalue weighted by Crippen LogP contribution is 2.36. The van der Waals surface area contributed by atoms with Crippen molar-refractivity contribution in [3.8, 4) is 11.3 Å². The number of ether oxygens (including phenoxy) is 1. The molecule has 8 heteroatoms. The van der Waals surface area contributed by atoms with Gasteiger partial charge in [0.1, 0.15) is 23.1 Å².